The van der Waals surface area contributed by atoms with Gasteiger partial charge in [-0.2, -0.15) is 4.39 Å². The number of amides is 7. The molecule has 0 bridgehead atoms. The number of benzene rings is 1. The molecule has 0 saturated carbocycles. The Hall–Kier alpha value is -8.28. The minimum absolute atomic E-state index is 0.0289. The Morgan fingerprint density at radius 2 is 0.869 bits per heavy atom. The fourth-order valence-electron chi connectivity index (χ4n) is 10.5. The van der Waals surface area contributed by atoms with Crippen molar-refractivity contribution in [1.82, 2.24) is 56.8 Å². The van der Waals surface area contributed by atoms with Crippen molar-refractivity contribution in [2.24, 2.45) is 5.41 Å². The van der Waals surface area contributed by atoms with E-state index in [9.17, 15) is 103 Å². The van der Waals surface area contributed by atoms with Gasteiger partial charge in [0.15, 0.2) is 4.90 Å². The molecule has 1 fully saturated rings. The van der Waals surface area contributed by atoms with Gasteiger partial charge in [0.2, 0.25) is 23.6 Å². The average molecular weight is 1430 g/mol. The summed E-state index contributed by atoms with van der Waals surface area (Å²) < 4.78 is 15.5. The number of aliphatic carboxylic acids is 8. The zero-order valence-electron chi connectivity index (χ0n) is 57.4. The first-order valence-corrected chi connectivity index (χ1v) is 34.3. The Morgan fingerprint density at radius 1 is 0.444 bits per heavy atom. The molecule has 1 aromatic carbocycles. The summed E-state index contributed by atoms with van der Waals surface area (Å²) in [5.41, 5.74) is -1.84. The number of carbonyl (C=O) groups excluding carboxylic acids is 6. The summed E-state index contributed by atoms with van der Waals surface area (Å²) in [7, 11) is -0.924. The number of carboxylic acids is 8. The van der Waals surface area contributed by atoms with Crippen molar-refractivity contribution in [3.63, 3.8) is 0 Å². The molecule has 7 amide bonds. The van der Waals surface area contributed by atoms with Crippen LogP contribution in [0.1, 0.15) is 155 Å². The van der Waals surface area contributed by atoms with Crippen molar-refractivity contribution in [3.8, 4) is 0 Å². The van der Waals surface area contributed by atoms with Crippen molar-refractivity contribution in [2.45, 2.75) is 190 Å². The van der Waals surface area contributed by atoms with Gasteiger partial charge in [0.05, 0.1) is 30.5 Å². The second-order valence-electron chi connectivity index (χ2n) is 26.3. The number of urea groups is 1. The van der Waals surface area contributed by atoms with Gasteiger partial charge < -0.3 is 78.1 Å². The molecular weight excluding hydrogens is 1330 g/mol. The Balaban J connectivity index is 2.10. The van der Waals surface area contributed by atoms with Crippen LogP contribution < -0.4 is 37.2 Å². The van der Waals surface area contributed by atoms with E-state index in [0.29, 0.717) is 37.0 Å². The molecule has 7 atom stereocenters. The van der Waals surface area contributed by atoms with Crippen LogP contribution in [0.5, 0.6) is 0 Å². The van der Waals surface area contributed by atoms with E-state index in [-0.39, 0.29) is 128 Å². The van der Waals surface area contributed by atoms with E-state index in [1.165, 1.54) is 31.7 Å². The summed E-state index contributed by atoms with van der Waals surface area (Å²) in [6.45, 7) is 9.60. The zero-order valence-corrected chi connectivity index (χ0v) is 58.2. The van der Waals surface area contributed by atoms with Crippen LogP contribution in [0.25, 0.3) is 0 Å². The number of hydrogen-bond donors (Lipinski definition) is 15. The molecule has 558 valence electrons. The van der Waals surface area contributed by atoms with Gasteiger partial charge in [-0.25, -0.2) is 19.2 Å². The quantitative estimate of drug-likeness (QED) is 0.0323. The first-order chi connectivity index (χ1) is 46.4. The lowest BCUT2D eigenvalue weighted by atomic mass is 9.99. The number of nitrogens with one attached hydrogen (secondary N) is 7. The molecule has 1 saturated heterocycles. The first-order valence-electron chi connectivity index (χ1n) is 33.0. The summed E-state index contributed by atoms with van der Waals surface area (Å²) in [5, 5.41) is 94.4. The molecule has 0 aliphatic carbocycles. The summed E-state index contributed by atoms with van der Waals surface area (Å²) in [6, 6.07) is -2.37. The fourth-order valence-corrected chi connectivity index (χ4v) is 13.2. The Bertz CT molecular complexity index is 2830. The SMILES string of the molecule is CC(C)(C)[C@H](F)[S+](c1ccc(C(=O)NC[C@H](NC(=O)CC[C@H](C(=O)O)N2CCN(CC(=O)O)CCN(CC(=O)O)CCN(CC(=O)O)CC2)C(=O)N[C@@H](CCCCNC(=O)CCCCCCC(=O)NCCCC[C@H](NC(=O)N[C@@H](CCC(=O)O)C(=O)O)C(=O)O)C(=O)O)cc1)C(C)(C)C. The number of carbonyl (C=O) groups is 14. The number of nitrogens with zero attached hydrogens (tertiary/aromatic N) is 4. The summed E-state index contributed by atoms with van der Waals surface area (Å²) in [6.07, 6.45) is 1.65. The predicted octanol–water partition coefficient (Wildman–Crippen LogP) is 1.28. The Labute approximate surface area is 577 Å². The minimum atomic E-state index is -1.65. The van der Waals surface area contributed by atoms with E-state index in [4.69, 9.17) is 5.11 Å². The van der Waals surface area contributed by atoms with Gasteiger partial charge >= 0.3 is 53.8 Å². The van der Waals surface area contributed by atoms with Gasteiger partial charge in [0.25, 0.3) is 11.4 Å². The van der Waals surface area contributed by atoms with Gasteiger partial charge in [0.1, 0.15) is 35.0 Å². The molecule has 35 heteroatoms. The van der Waals surface area contributed by atoms with Crippen LogP contribution in [-0.4, -0.2) is 276 Å². The monoisotopic (exact) mass is 1430 g/mol. The molecule has 0 aromatic heterocycles. The highest BCUT2D eigenvalue weighted by Gasteiger charge is 2.49. The van der Waals surface area contributed by atoms with Crippen LogP contribution in [0.3, 0.4) is 0 Å². The normalized spacial score (nSPS) is 16.0. The van der Waals surface area contributed by atoms with Crippen LogP contribution in [-0.2, 0) is 68.4 Å². The van der Waals surface area contributed by atoms with Crippen LogP contribution in [0.4, 0.5) is 9.18 Å². The topological polar surface area (TPSA) is 498 Å². The van der Waals surface area contributed by atoms with Crippen molar-refractivity contribution < 1.29 is 112 Å². The largest absolute Gasteiger partial charge is 0.481 e. The molecule has 1 unspecified atom stereocenters. The second kappa shape index (κ2) is 44.7. The van der Waals surface area contributed by atoms with Gasteiger partial charge in [-0.05, 0) is 109 Å². The maximum atomic E-state index is 16.0. The zero-order chi connectivity index (χ0) is 74.6. The number of unbranched alkanes of at least 4 members (excludes halogenated alkanes) is 5. The number of alkyl halides is 1. The van der Waals surface area contributed by atoms with Crippen molar-refractivity contribution in [3.05, 3.63) is 29.8 Å². The van der Waals surface area contributed by atoms with Crippen molar-refractivity contribution in [1.29, 1.82) is 0 Å². The lowest BCUT2D eigenvalue weighted by Gasteiger charge is -2.35. The third-order valence-corrected chi connectivity index (χ3v) is 19.1. The lowest BCUT2D eigenvalue weighted by Crippen LogP contribution is -2.56. The van der Waals surface area contributed by atoms with Crippen molar-refractivity contribution in [2.75, 3.05) is 91.6 Å². The summed E-state index contributed by atoms with van der Waals surface area (Å²) in [4.78, 5) is 180. The highest BCUT2D eigenvalue weighted by molar-refractivity contribution is 7.98. The molecule has 33 nitrogen and oxygen atoms in total. The summed E-state index contributed by atoms with van der Waals surface area (Å²) in [5.74, 6) is -13.7. The molecular formula is C64H103FN11O22S+. The van der Waals surface area contributed by atoms with Gasteiger partial charge in [-0.1, -0.05) is 33.6 Å². The van der Waals surface area contributed by atoms with E-state index in [0.717, 1.165) is 0 Å². The predicted molar refractivity (Wildman–Crippen MR) is 357 cm³/mol. The molecule has 2 rings (SSSR count). The lowest BCUT2D eigenvalue weighted by molar-refractivity contribution is -0.145. The van der Waals surface area contributed by atoms with Crippen LogP contribution >= 0.6 is 0 Å². The standard InChI is InChI=1S/C64H102FN11O22S/c1-63(2,3)61(65)99(64(4,5)6)42-21-19-41(20-22-42)55(88)68-37-46(69-50(79)25-24-47(60(96)97)76-35-33-74(39-53(84)85)31-29-73(38-52(82)83)30-32-75(34-36-76)40-54(86)87)56(89)70-43(57(90)91)15-11-13-27-66-48(77)17-9-7-8-10-18-49(78)67-28-14-12-16-44(58(92)93)71-62(98)72-45(59(94)95)23-26-51(80)81/h19-22,43-47,61H,7-18,23-40H2,1-6H3,(H14-,66,67,68,69,70,71,72,77,78,79,80,81,82,83,84,85,86,87,88,89,90,91,92,93,94,95,96,97,98)/p+1/t43-,44-,45-,46-,47+,61+,99?/m0/s1. The smallest absolute Gasteiger partial charge is 0.326 e. The van der Waals surface area contributed by atoms with E-state index < -0.39 is 180 Å². The number of carboxylic acid groups (broad SMARTS) is 8. The highest BCUT2D eigenvalue weighted by Crippen LogP contribution is 2.40. The van der Waals surface area contributed by atoms with Crippen molar-refractivity contribution >= 4 is 94.2 Å². The second-order valence-corrected chi connectivity index (χ2v) is 29.0. The Morgan fingerprint density at radius 3 is 1.26 bits per heavy atom. The molecule has 1 aromatic rings. The third kappa shape index (κ3) is 36.4. The highest BCUT2D eigenvalue weighted by atomic mass is 32.2. The Kier molecular flexibility index (Phi) is 39.2. The molecule has 0 radical (unpaired) electrons. The summed E-state index contributed by atoms with van der Waals surface area (Å²) >= 11 is 0. The van der Waals surface area contributed by atoms with Crippen LogP contribution in [0.2, 0.25) is 0 Å². The molecule has 1 aliphatic rings. The average Bonchev–Trinajstić information content (AvgIpc) is 0.796. The molecule has 99 heavy (non-hydrogen) atoms. The molecule has 1 aliphatic heterocycles. The van der Waals surface area contributed by atoms with E-state index in [1.54, 1.807) is 32.9 Å². The van der Waals surface area contributed by atoms with E-state index >= 15 is 4.39 Å². The minimum Gasteiger partial charge on any atom is -0.481 e. The molecule has 15 N–H and O–H groups in total. The maximum absolute atomic E-state index is 16.0. The van der Waals surface area contributed by atoms with E-state index in [1.807, 2.05) is 26.1 Å². The van der Waals surface area contributed by atoms with Crippen LogP contribution in [0.15, 0.2) is 29.2 Å². The first kappa shape index (κ1) is 86.8. The number of rotatable bonds is 44. The van der Waals surface area contributed by atoms with Gasteiger partial charge in [-0.15, -0.1) is 0 Å². The van der Waals surface area contributed by atoms with Gasteiger partial charge in [-0.3, -0.25) is 67.5 Å². The van der Waals surface area contributed by atoms with Gasteiger partial charge in [0, 0.05) is 109 Å². The number of halogens is 1. The molecule has 0 spiro atoms. The third-order valence-electron chi connectivity index (χ3n) is 15.9. The number of hydrogen-bond acceptors (Lipinski definition) is 18. The fraction of sp³-hybridized carbons (Fsp3) is 0.688. The van der Waals surface area contributed by atoms with E-state index in [2.05, 4.69) is 31.9 Å². The molecule has 1 heterocycles. The van der Waals surface area contributed by atoms with Crippen LogP contribution in [0, 0.1) is 5.41 Å². The maximum Gasteiger partial charge on any atom is 0.326 e.